The van der Waals surface area contributed by atoms with Gasteiger partial charge < -0.3 is 5.11 Å². The summed E-state index contributed by atoms with van der Waals surface area (Å²) in [5.74, 6) is -0.285. The molecule has 2 aromatic carbocycles. The van der Waals surface area contributed by atoms with Gasteiger partial charge in [-0.15, -0.1) is 0 Å². The van der Waals surface area contributed by atoms with Gasteiger partial charge in [0.25, 0.3) is 0 Å². The van der Waals surface area contributed by atoms with Crippen LogP contribution in [0.15, 0.2) is 40.9 Å². The minimum absolute atomic E-state index is 0.285. The van der Waals surface area contributed by atoms with Crippen LogP contribution in [0.3, 0.4) is 0 Å². The molecule has 0 aliphatic rings. The largest absolute Gasteiger partial charge is 0.384 e. The van der Waals surface area contributed by atoms with Crippen LogP contribution in [0.2, 0.25) is 0 Å². The van der Waals surface area contributed by atoms with Gasteiger partial charge in [-0.25, -0.2) is 4.39 Å². The molecule has 0 fully saturated rings. The zero-order valence-corrected chi connectivity index (χ0v) is 11.8. The van der Waals surface area contributed by atoms with Crippen molar-refractivity contribution in [1.29, 1.82) is 0 Å². The fourth-order valence-corrected chi connectivity index (χ4v) is 2.45. The Bertz CT molecular complexity index is 581. The predicted molar refractivity (Wildman–Crippen MR) is 74.1 cm³/mol. The van der Waals surface area contributed by atoms with Crippen LogP contribution in [-0.4, -0.2) is 5.11 Å². The van der Waals surface area contributed by atoms with Crippen molar-refractivity contribution in [1.82, 2.24) is 0 Å². The normalized spacial score (nSPS) is 12.5. The molecule has 0 aliphatic heterocycles. The molecule has 1 nitrogen and oxygen atoms in total. The van der Waals surface area contributed by atoms with E-state index in [0.717, 1.165) is 26.7 Å². The molecule has 0 aliphatic carbocycles. The van der Waals surface area contributed by atoms with Gasteiger partial charge in [-0.3, -0.25) is 0 Å². The maximum Gasteiger partial charge on any atom is 0.123 e. The van der Waals surface area contributed by atoms with Crippen molar-refractivity contribution in [2.45, 2.75) is 20.0 Å². The molecule has 0 amide bonds. The monoisotopic (exact) mass is 308 g/mol. The van der Waals surface area contributed by atoms with Crippen LogP contribution in [0.4, 0.5) is 4.39 Å². The van der Waals surface area contributed by atoms with E-state index in [1.165, 1.54) is 12.1 Å². The van der Waals surface area contributed by atoms with Crippen molar-refractivity contribution < 1.29 is 9.50 Å². The number of halogens is 2. The fraction of sp³-hybridized carbons (Fsp3) is 0.200. The first kappa shape index (κ1) is 13.2. The smallest absolute Gasteiger partial charge is 0.123 e. The van der Waals surface area contributed by atoms with Gasteiger partial charge in [-0.05, 0) is 48.7 Å². The minimum Gasteiger partial charge on any atom is -0.384 e. The Balaban J connectivity index is 2.47. The highest BCUT2D eigenvalue weighted by atomic mass is 79.9. The second-order valence-electron chi connectivity index (χ2n) is 4.43. The zero-order chi connectivity index (χ0) is 13.3. The lowest BCUT2D eigenvalue weighted by atomic mass is 9.96. The van der Waals surface area contributed by atoms with Crippen molar-refractivity contribution in [3.63, 3.8) is 0 Å². The SMILES string of the molecule is Cc1ccc(Br)c(C(O)c2ccc(F)cc2C)c1. The average Bonchev–Trinajstić information content (AvgIpc) is 2.31. The van der Waals surface area contributed by atoms with Crippen molar-refractivity contribution in [2.24, 2.45) is 0 Å². The van der Waals surface area contributed by atoms with E-state index >= 15 is 0 Å². The summed E-state index contributed by atoms with van der Waals surface area (Å²) in [6.07, 6.45) is -0.750. The third kappa shape index (κ3) is 2.62. The van der Waals surface area contributed by atoms with Gasteiger partial charge in [-0.2, -0.15) is 0 Å². The van der Waals surface area contributed by atoms with Crippen LogP contribution in [0, 0.1) is 19.7 Å². The van der Waals surface area contributed by atoms with Gasteiger partial charge in [0.05, 0.1) is 0 Å². The lowest BCUT2D eigenvalue weighted by Crippen LogP contribution is -2.03. The van der Waals surface area contributed by atoms with E-state index < -0.39 is 6.10 Å². The molecular weight excluding hydrogens is 295 g/mol. The molecule has 3 heteroatoms. The lowest BCUT2D eigenvalue weighted by Gasteiger charge is -2.16. The maximum atomic E-state index is 13.1. The van der Waals surface area contributed by atoms with E-state index in [-0.39, 0.29) is 5.82 Å². The van der Waals surface area contributed by atoms with Crippen molar-refractivity contribution in [2.75, 3.05) is 0 Å². The van der Waals surface area contributed by atoms with Gasteiger partial charge in [0, 0.05) is 4.47 Å². The van der Waals surface area contributed by atoms with E-state index in [2.05, 4.69) is 15.9 Å². The van der Waals surface area contributed by atoms with Gasteiger partial charge >= 0.3 is 0 Å². The van der Waals surface area contributed by atoms with Crippen molar-refractivity contribution in [3.8, 4) is 0 Å². The molecule has 1 N–H and O–H groups in total. The summed E-state index contributed by atoms with van der Waals surface area (Å²) in [7, 11) is 0. The summed E-state index contributed by atoms with van der Waals surface area (Å²) < 4.78 is 13.9. The van der Waals surface area contributed by atoms with Gasteiger partial charge in [0.1, 0.15) is 11.9 Å². The topological polar surface area (TPSA) is 20.2 Å². The van der Waals surface area contributed by atoms with E-state index in [9.17, 15) is 9.50 Å². The second kappa shape index (κ2) is 5.21. The predicted octanol–water partition coefficient (Wildman–Crippen LogP) is 4.29. The molecule has 0 heterocycles. The van der Waals surface area contributed by atoms with Gasteiger partial charge in [0.15, 0.2) is 0 Å². The summed E-state index contributed by atoms with van der Waals surface area (Å²) in [5, 5.41) is 10.4. The van der Waals surface area contributed by atoms with Crippen molar-refractivity contribution in [3.05, 3.63) is 68.9 Å². The molecule has 1 unspecified atom stereocenters. The molecule has 0 saturated heterocycles. The number of aliphatic hydroxyl groups is 1. The van der Waals surface area contributed by atoms with Crippen LogP contribution < -0.4 is 0 Å². The Morgan fingerprint density at radius 3 is 2.44 bits per heavy atom. The fourth-order valence-electron chi connectivity index (χ4n) is 1.99. The minimum atomic E-state index is -0.750. The number of hydrogen-bond acceptors (Lipinski definition) is 1. The van der Waals surface area contributed by atoms with Gasteiger partial charge in [0.2, 0.25) is 0 Å². The zero-order valence-electron chi connectivity index (χ0n) is 10.2. The molecule has 2 aromatic rings. The Labute approximate surface area is 114 Å². The third-order valence-corrected chi connectivity index (χ3v) is 3.69. The summed E-state index contributed by atoms with van der Waals surface area (Å²) in [6, 6.07) is 10.2. The van der Waals surface area contributed by atoms with Crippen LogP contribution >= 0.6 is 15.9 Å². The Hall–Kier alpha value is -1.19. The number of benzene rings is 2. The third-order valence-electron chi connectivity index (χ3n) is 2.97. The number of aliphatic hydroxyl groups excluding tert-OH is 1. The van der Waals surface area contributed by atoms with Crippen LogP contribution in [0.1, 0.15) is 28.4 Å². The lowest BCUT2D eigenvalue weighted by molar-refractivity contribution is 0.218. The summed E-state index contributed by atoms with van der Waals surface area (Å²) in [4.78, 5) is 0. The first-order valence-corrected chi connectivity index (χ1v) is 6.48. The van der Waals surface area contributed by atoms with Crippen LogP contribution in [-0.2, 0) is 0 Å². The Kier molecular flexibility index (Phi) is 3.83. The Morgan fingerprint density at radius 1 is 1.06 bits per heavy atom. The summed E-state index contributed by atoms with van der Waals surface area (Å²) in [5.41, 5.74) is 3.34. The summed E-state index contributed by atoms with van der Waals surface area (Å²) >= 11 is 3.43. The highest BCUT2D eigenvalue weighted by molar-refractivity contribution is 9.10. The van der Waals surface area contributed by atoms with Crippen molar-refractivity contribution >= 4 is 15.9 Å². The van der Waals surface area contributed by atoms with E-state index in [1.807, 2.05) is 25.1 Å². The first-order chi connectivity index (χ1) is 8.49. The van der Waals surface area contributed by atoms with E-state index in [0.29, 0.717) is 0 Å². The van der Waals surface area contributed by atoms with E-state index in [4.69, 9.17) is 0 Å². The molecule has 0 aromatic heterocycles. The molecule has 2 rings (SSSR count). The summed E-state index contributed by atoms with van der Waals surface area (Å²) in [6.45, 7) is 3.77. The molecular formula is C15H14BrFO. The molecule has 94 valence electrons. The number of hydrogen-bond donors (Lipinski definition) is 1. The van der Waals surface area contributed by atoms with Gasteiger partial charge in [-0.1, -0.05) is 39.7 Å². The van der Waals surface area contributed by atoms with E-state index in [1.54, 1.807) is 13.0 Å². The molecule has 0 bridgehead atoms. The maximum absolute atomic E-state index is 13.1. The molecule has 0 radical (unpaired) electrons. The average molecular weight is 309 g/mol. The number of rotatable bonds is 2. The highest BCUT2D eigenvalue weighted by Gasteiger charge is 2.16. The molecule has 0 saturated carbocycles. The quantitative estimate of drug-likeness (QED) is 0.877. The standard InChI is InChI=1S/C15H14BrFO/c1-9-3-6-14(16)13(7-9)15(18)12-5-4-11(17)8-10(12)2/h3-8,15,18H,1-2H3. The molecule has 18 heavy (non-hydrogen) atoms. The second-order valence-corrected chi connectivity index (χ2v) is 5.28. The van der Waals surface area contributed by atoms with Crippen LogP contribution in [0.25, 0.3) is 0 Å². The first-order valence-electron chi connectivity index (χ1n) is 5.69. The Morgan fingerprint density at radius 2 is 1.78 bits per heavy atom. The highest BCUT2D eigenvalue weighted by Crippen LogP contribution is 2.31. The molecule has 0 spiro atoms. The van der Waals surface area contributed by atoms with Crippen LogP contribution in [0.5, 0.6) is 0 Å². The number of aryl methyl sites for hydroxylation is 2. The molecule has 1 atom stereocenters.